The maximum atomic E-state index is 13.4. The first-order valence-electron chi connectivity index (χ1n) is 5.15. The lowest BCUT2D eigenvalue weighted by molar-refractivity contribution is 0.410. The highest BCUT2D eigenvalue weighted by molar-refractivity contribution is 5.89. The van der Waals surface area contributed by atoms with Crippen LogP contribution in [0.3, 0.4) is 0 Å². The highest BCUT2D eigenvalue weighted by Gasteiger charge is 2.33. The summed E-state index contributed by atoms with van der Waals surface area (Å²) in [4.78, 5) is 3.80. The molecule has 0 amide bonds. The number of aliphatic imine (C=N–C) groups is 1. The van der Waals surface area contributed by atoms with E-state index in [4.69, 9.17) is 0 Å². The van der Waals surface area contributed by atoms with E-state index in [1.807, 2.05) is 6.08 Å². The predicted molar refractivity (Wildman–Crippen MR) is 56.3 cm³/mol. The molecule has 2 nitrogen and oxygen atoms in total. The first-order chi connectivity index (χ1) is 7.22. The molecule has 1 aliphatic carbocycles. The highest BCUT2D eigenvalue weighted by Crippen LogP contribution is 2.28. The minimum Gasteiger partial charge on any atom is -0.364 e. The zero-order valence-corrected chi connectivity index (χ0v) is 8.63. The molecule has 1 heterocycles. The quantitative estimate of drug-likeness (QED) is 0.708. The zero-order valence-electron chi connectivity index (χ0n) is 8.63. The summed E-state index contributed by atoms with van der Waals surface area (Å²) in [5.74, 6) is 0.113. The molecule has 1 N–H and O–H groups in total. The molecule has 2 unspecified atom stereocenters. The van der Waals surface area contributed by atoms with Gasteiger partial charge in [0.1, 0.15) is 11.7 Å². The molecule has 2 atom stereocenters. The molecule has 2 aliphatic rings. The molecule has 82 valence electrons. The number of amidine groups is 1. The Labute approximate surface area is 87.8 Å². The Morgan fingerprint density at radius 2 is 2.13 bits per heavy atom. The number of hydrogen-bond acceptors (Lipinski definition) is 1. The van der Waals surface area contributed by atoms with Crippen LogP contribution in [0.4, 0.5) is 8.78 Å². The third kappa shape index (κ3) is 1.94. The molecule has 0 aromatic carbocycles. The molecule has 2 rings (SSSR count). The molecule has 0 aromatic rings. The fraction of sp³-hybridized carbons (Fsp3) is 0.545. The molecule has 4 heteroatoms. The van der Waals surface area contributed by atoms with Gasteiger partial charge in [0.25, 0.3) is 0 Å². The van der Waals surface area contributed by atoms with Crippen LogP contribution in [0.15, 0.2) is 28.5 Å². The van der Waals surface area contributed by atoms with Gasteiger partial charge in [-0.1, -0.05) is 6.08 Å². The van der Waals surface area contributed by atoms with Crippen molar-refractivity contribution in [2.24, 2.45) is 4.99 Å². The Morgan fingerprint density at radius 3 is 2.73 bits per heavy atom. The van der Waals surface area contributed by atoms with Crippen molar-refractivity contribution in [2.75, 3.05) is 7.05 Å². The van der Waals surface area contributed by atoms with Gasteiger partial charge in [0.05, 0.1) is 6.04 Å². The number of allylic oxidation sites excluding steroid dienone is 2. The number of hydrogen-bond donors (Lipinski definition) is 1. The fourth-order valence-corrected chi connectivity index (χ4v) is 2.03. The van der Waals surface area contributed by atoms with E-state index >= 15 is 0 Å². The van der Waals surface area contributed by atoms with E-state index in [2.05, 4.69) is 10.3 Å². The van der Waals surface area contributed by atoms with Crippen LogP contribution in [0.5, 0.6) is 0 Å². The highest BCUT2D eigenvalue weighted by atomic mass is 19.1. The van der Waals surface area contributed by atoms with Crippen molar-refractivity contribution in [1.29, 1.82) is 0 Å². The van der Waals surface area contributed by atoms with Crippen LogP contribution in [-0.4, -0.2) is 25.1 Å². The van der Waals surface area contributed by atoms with Crippen molar-refractivity contribution in [3.8, 4) is 0 Å². The lowest BCUT2D eigenvalue weighted by atomic mass is 9.98. The van der Waals surface area contributed by atoms with Crippen LogP contribution in [-0.2, 0) is 0 Å². The number of rotatable bonds is 1. The molecule has 0 aromatic heterocycles. The van der Waals surface area contributed by atoms with Crippen LogP contribution in [0, 0.1) is 0 Å². The normalized spacial score (nSPS) is 33.7. The van der Waals surface area contributed by atoms with Crippen molar-refractivity contribution >= 4 is 5.84 Å². The largest absolute Gasteiger partial charge is 0.364 e. The van der Waals surface area contributed by atoms with Crippen LogP contribution in [0.25, 0.3) is 0 Å². The van der Waals surface area contributed by atoms with E-state index in [0.29, 0.717) is 11.4 Å². The second kappa shape index (κ2) is 4.13. The summed E-state index contributed by atoms with van der Waals surface area (Å²) >= 11 is 0. The smallest absolute Gasteiger partial charge is 0.159 e. The Bertz CT molecular complexity index is 344. The van der Waals surface area contributed by atoms with Gasteiger partial charge < -0.3 is 5.32 Å². The summed E-state index contributed by atoms with van der Waals surface area (Å²) in [6.07, 6.45) is 4.16. The molecular weight excluding hydrogens is 198 g/mol. The summed E-state index contributed by atoms with van der Waals surface area (Å²) in [7, 11) is 1.54. The van der Waals surface area contributed by atoms with Gasteiger partial charge in [-0.05, 0) is 18.9 Å². The molecule has 0 saturated carbocycles. The summed E-state index contributed by atoms with van der Waals surface area (Å²) in [6.45, 7) is 0. The molecule has 0 bridgehead atoms. The number of halogens is 2. The molecule has 0 radical (unpaired) electrons. The van der Waals surface area contributed by atoms with Crippen LogP contribution in [0.1, 0.15) is 19.3 Å². The van der Waals surface area contributed by atoms with Crippen molar-refractivity contribution in [1.82, 2.24) is 5.32 Å². The SMILES string of the molecule is C/N=C1\NC(C2=CCCC=C2F)CC1F. The van der Waals surface area contributed by atoms with E-state index < -0.39 is 6.17 Å². The van der Waals surface area contributed by atoms with Crippen molar-refractivity contribution in [3.05, 3.63) is 23.6 Å². The molecular formula is C11H14F2N2. The Morgan fingerprint density at radius 1 is 1.40 bits per heavy atom. The van der Waals surface area contributed by atoms with E-state index in [-0.39, 0.29) is 18.3 Å². The standard InChI is InChI=1S/C11H14F2N2/c1-14-11-9(13)6-10(15-11)7-4-2-3-5-8(7)12/h4-5,9-10H,2-3,6H2,1H3,(H,14,15). The molecule has 1 saturated heterocycles. The van der Waals surface area contributed by atoms with Crippen LogP contribution >= 0.6 is 0 Å². The van der Waals surface area contributed by atoms with Gasteiger partial charge >= 0.3 is 0 Å². The predicted octanol–water partition coefficient (Wildman–Crippen LogP) is 2.29. The lowest BCUT2D eigenvalue weighted by Gasteiger charge is -2.16. The number of nitrogens with one attached hydrogen (secondary N) is 1. The van der Waals surface area contributed by atoms with E-state index in [1.165, 1.54) is 0 Å². The average Bonchev–Trinajstić information content (AvgIpc) is 2.60. The summed E-state index contributed by atoms with van der Waals surface area (Å²) in [6, 6.07) is -0.254. The van der Waals surface area contributed by atoms with Gasteiger partial charge in [0.2, 0.25) is 0 Å². The molecule has 15 heavy (non-hydrogen) atoms. The minimum atomic E-state index is -1.09. The summed E-state index contributed by atoms with van der Waals surface area (Å²) < 4.78 is 26.8. The number of alkyl halides is 1. The number of nitrogens with zero attached hydrogens (tertiary/aromatic N) is 1. The maximum Gasteiger partial charge on any atom is 0.159 e. The zero-order chi connectivity index (χ0) is 10.8. The van der Waals surface area contributed by atoms with Gasteiger partial charge in [0.15, 0.2) is 6.17 Å². The van der Waals surface area contributed by atoms with Crippen molar-refractivity contribution in [3.63, 3.8) is 0 Å². The Balaban J connectivity index is 2.14. The molecule has 1 aliphatic heterocycles. The van der Waals surface area contributed by atoms with Crippen LogP contribution in [0.2, 0.25) is 0 Å². The minimum absolute atomic E-state index is 0.219. The average molecular weight is 212 g/mol. The van der Waals surface area contributed by atoms with E-state index in [1.54, 1.807) is 13.1 Å². The first-order valence-corrected chi connectivity index (χ1v) is 5.15. The van der Waals surface area contributed by atoms with Gasteiger partial charge in [0, 0.05) is 19.0 Å². The van der Waals surface area contributed by atoms with Crippen molar-refractivity contribution < 1.29 is 8.78 Å². The Kier molecular flexibility index (Phi) is 2.84. The monoisotopic (exact) mass is 212 g/mol. The fourth-order valence-electron chi connectivity index (χ4n) is 2.03. The summed E-state index contributed by atoms with van der Waals surface area (Å²) in [5, 5.41) is 2.92. The maximum absolute atomic E-state index is 13.4. The summed E-state index contributed by atoms with van der Waals surface area (Å²) in [5.41, 5.74) is 0.586. The van der Waals surface area contributed by atoms with E-state index in [0.717, 1.165) is 12.8 Å². The van der Waals surface area contributed by atoms with E-state index in [9.17, 15) is 8.78 Å². The van der Waals surface area contributed by atoms with Crippen LogP contribution < -0.4 is 5.32 Å². The van der Waals surface area contributed by atoms with Gasteiger partial charge in [-0.25, -0.2) is 8.78 Å². The lowest BCUT2D eigenvalue weighted by Crippen LogP contribution is -2.29. The first kappa shape index (κ1) is 10.3. The van der Waals surface area contributed by atoms with Gasteiger partial charge in [-0.2, -0.15) is 0 Å². The Hall–Kier alpha value is -1.19. The molecule has 1 fully saturated rings. The third-order valence-electron chi connectivity index (χ3n) is 2.81. The second-order valence-corrected chi connectivity index (χ2v) is 3.80. The second-order valence-electron chi connectivity index (χ2n) is 3.80. The molecule has 0 spiro atoms. The van der Waals surface area contributed by atoms with Gasteiger partial charge in [-0.15, -0.1) is 0 Å². The van der Waals surface area contributed by atoms with Crippen molar-refractivity contribution in [2.45, 2.75) is 31.5 Å². The third-order valence-corrected chi connectivity index (χ3v) is 2.81. The van der Waals surface area contributed by atoms with Gasteiger partial charge in [-0.3, -0.25) is 4.99 Å². The topological polar surface area (TPSA) is 24.4 Å².